The molecular weight excluding hydrogens is 177 g/mol. The lowest BCUT2D eigenvalue weighted by molar-refractivity contribution is 0.120. The summed E-state index contributed by atoms with van der Waals surface area (Å²) in [5.74, 6) is 0.463. The van der Waals surface area contributed by atoms with Gasteiger partial charge in [-0.15, -0.1) is 9.24 Å². The van der Waals surface area contributed by atoms with E-state index in [0.717, 1.165) is 0 Å². The summed E-state index contributed by atoms with van der Waals surface area (Å²) in [7, 11) is 2.84. The van der Waals surface area contributed by atoms with E-state index in [9.17, 15) is 0 Å². The average molecular weight is 203 g/mol. The zero-order valence-corrected chi connectivity index (χ0v) is 11.4. The Hall–Kier alpha value is 0.390. The average Bonchev–Trinajstić information content (AvgIpc) is 1.81. The predicted molar refractivity (Wildman–Crippen MR) is 64.7 cm³/mol. The van der Waals surface area contributed by atoms with E-state index in [1.807, 2.05) is 0 Å². The highest BCUT2D eigenvalue weighted by atomic mass is 31.0. The third-order valence-electron chi connectivity index (χ3n) is 3.31. The Labute approximate surface area is 86.1 Å². The molecule has 1 nitrogen and oxygen atoms in total. The fourth-order valence-corrected chi connectivity index (χ4v) is 1.87. The van der Waals surface area contributed by atoms with Crippen LogP contribution in [-0.2, 0) is 0 Å². The van der Waals surface area contributed by atoms with Crippen molar-refractivity contribution in [3.05, 3.63) is 0 Å². The lowest BCUT2D eigenvalue weighted by Crippen LogP contribution is -2.54. The fraction of sp³-hybridized carbons (Fsp3) is 1.00. The summed E-state index contributed by atoms with van der Waals surface area (Å²) in [5.41, 5.74) is 6.76. The van der Waals surface area contributed by atoms with E-state index >= 15 is 0 Å². The van der Waals surface area contributed by atoms with Crippen molar-refractivity contribution >= 4 is 9.24 Å². The molecule has 80 valence electrons. The molecule has 0 rings (SSSR count). The molecule has 0 amide bonds. The van der Waals surface area contributed by atoms with Gasteiger partial charge in [-0.1, -0.05) is 48.5 Å². The quantitative estimate of drug-likeness (QED) is 0.650. The van der Waals surface area contributed by atoms with Crippen molar-refractivity contribution in [2.24, 2.45) is 22.5 Å². The minimum absolute atomic E-state index is 0.115. The van der Waals surface area contributed by atoms with Crippen LogP contribution in [0.2, 0.25) is 0 Å². The summed E-state index contributed by atoms with van der Waals surface area (Å²) in [5, 5.41) is -0.203. The Morgan fingerprint density at radius 3 is 1.38 bits per heavy atom. The number of hydrogen-bond acceptors (Lipinski definition) is 1. The third-order valence-corrected chi connectivity index (χ3v) is 4.68. The van der Waals surface area contributed by atoms with E-state index < -0.39 is 0 Å². The third kappa shape index (κ3) is 2.92. The van der Waals surface area contributed by atoms with Crippen LogP contribution in [-0.4, -0.2) is 5.28 Å². The summed E-state index contributed by atoms with van der Waals surface area (Å²) >= 11 is 0. The molecule has 0 aliphatic heterocycles. The molecule has 0 saturated carbocycles. The first kappa shape index (κ1) is 13.4. The van der Waals surface area contributed by atoms with Crippen molar-refractivity contribution in [2.75, 3.05) is 0 Å². The van der Waals surface area contributed by atoms with Crippen molar-refractivity contribution in [1.82, 2.24) is 0 Å². The lowest BCUT2D eigenvalue weighted by atomic mass is 9.69. The maximum absolute atomic E-state index is 6.39. The highest BCUT2D eigenvalue weighted by Gasteiger charge is 2.43. The van der Waals surface area contributed by atoms with Gasteiger partial charge in [0.05, 0.1) is 0 Å². The van der Waals surface area contributed by atoms with Crippen LogP contribution in [0.3, 0.4) is 0 Å². The first-order valence-electron chi connectivity index (χ1n) is 4.98. The Morgan fingerprint density at radius 1 is 1.00 bits per heavy atom. The summed E-state index contributed by atoms with van der Waals surface area (Å²) in [6, 6.07) is 0. The first-order chi connectivity index (χ1) is 5.40. The molecule has 0 radical (unpaired) electrons. The Balaban J connectivity index is 4.86. The standard InChI is InChI=1S/C11H26NP/c1-8(9(2,3)4)11(12,13)10(5,6)7/h8H,12-13H2,1-7H3. The van der Waals surface area contributed by atoms with E-state index in [4.69, 9.17) is 5.73 Å². The molecule has 0 aromatic heterocycles. The molecule has 0 bridgehead atoms. The molecule has 0 spiro atoms. The van der Waals surface area contributed by atoms with Gasteiger partial charge in [0.1, 0.15) is 0 Å². The van der Waals surface area contributed by atoms with E-state index in [2.05, 4.69) is 57.7 Å². The molecule has 0 heterocycles. The molecule has 0 aliphatic rings. The highest BCUT2D eigenvalue weighted by molar-refractivity contribution is 7.19. The molecule has 0 saturated heterocycles. The summed E-state index contributed by atoms with van der Waals surface area (Å²) in [6.07, 6.45) is 0. The molecule has 0 aliphatic carbocycles. The SMILES string of the molecule is CC(C(C)(C)C)C(N)(P)C(C)(C)C. The van der Waals surface area contributed by atoms with Crippen LogP contribution in [0.15, 0.2) is 0 Å². The van der Waals surface area contributed by atoms with Crippen LogP contribution in [0.25, 0.3) is 0 Å². The van der Waals surface area contributed by atoms with Crippen molar-refractivity contribution in [2.45, 2.75) is 53.7 Å². The van der Waals surface area contributed by atoms with Gasteiger partial charge in [0.25, 0.3) is 0 Å². The van der Waals surface area contributed by atoms with E-state index in [1.54, 1.807) is 0 Å². The lowest BCUT2D eigenvalue weighted by Gasteiger charge is -2.48. The first-order valence-corrected chi connectivity index (χ1v) is 5.56. The van der Waals surface area contributed by atoms with Gasteiger partial charge in [-0.05, 0) is 16.7 Å². The van der Waals surface area contributed by atoms with Crippen LogP contribution in [0.4, 0.5) is 0 Å². The van der Waals surface area contributed by atoms with Gasteiger partial charge in [-0.3, -0.25) is 0 Å². The summed E-state index contributed by atoms with van der Waals surface area (Å²) < 4.78 is 0. The van der Waals surface area contributed by atoms with Crippen molar-refractivity contribution in [3.63, 3.8) is 0 Å². The monoisotopic (exact) mass is 203 g/mol. The molecule has 3 unspecified atom stereocenters. The van der Waals surface area contributed by atoms with Gasteiger partial charge >= 0.3 is 0 Å². The fourth-order valence-electron chi connectivity index (χ4n) is 1.37. The molecule has 0 aromatic carbocycles. The summed E-state index contributed by atoms with van der Waals surface area (Å²) in [4.78, 5) is 0. The maximum atomic E-state index is 6.39. The minimum Gasteiger partial charge on any atom is -0.321 e. The molecule has 13 heavy (non-hydrogen) atoms. The Morgan fingerprint density at radius 2 is 1.31 bits per heavy atom. The van der Waals surface area contributed by atoms with E-state index in [1.165, 1.54) is 0 Å². The number of rotatable bonds is 1. The zero-order valence-electron chi connectivity index (χ0n) is 10.2. The minimum atomic E-state index is -0.203. The predicted octanol–water partition coefficient (Wildman–Crippen LogP) is 3.24. The summed E-state index contributed by atoms with van der Waals surface area (Å²) in [6.45, 7) is 15.6. The molecule has 3 atom stereocenters. The second-order valence-corrected chi connectivity index (χ2v) is 7.23. The Kier molecular flexibility index (Phi) is 3.62. The van der Waals surface area contributed by atoms with Gasteiger partial charge in [0.2, 0.25) is 0 Å². The van der Waals surface area contributed by atoms with Crippen molar-refractivity contribution in [3.8, 4) is 0 Å². The maximum Gasteiger partial charge on any atom is 0.0377 e. The van der Waals surface area contributed by atoms with Crippen LogP contribution in [0.1, 0.15) is 48.5 Å². The molecular formula is C11H26NP. The van der Waals surface area contributed by atoms with Crippen LogP contribution in [0.5, 0.6) is 0 Å². The zero-order chi connectivity index (χ0) is 11.1. The topological polar surface area (TPSA) is 26.0 Å². The molecule has 0 aromatic rings. The number of nitrogens with two attached hydrogens (primary N) is 1. The van der Waals surface area contributed by atoms with Gasteiger partial charge in [-0.25, -0.2) is 0 Å². The largest absolute Gasteiger partial charge is 0.321 e. The Bertz CT molecular complexity index is 172. The normalized spacial score (nSPS) is 21.0. The van der Waals surface area contributed by atoms with Gasteiger partial charge in [-0.2, -0.15) is 0 Å². The molecule has 2 heteroatoms. The van der Waals surface area contributed by atoms with Gasteiger partial charge in [0.15, 0.2) is 0 Å². The second-order valence-electron chi connectivity index (χ2n) is 6.27. The van der Waals surface area contributed by atoms with Gasteiger partial charge in [0, 0.05) is 5.28 Å². The van der Waals surface area contributed by atoms with Crippen LogP contribution in [0, 0.1) is 16.7 Å². The van der Waals surface area contributed by atoms with Crippen molar-refractivity contribution in [1.29, 1.82) is 0 Å². The van der Waals surface area contributed by atoms with Crippen LogP contribution >= 0.6 is 9.24 Å². The highest BCUT2D eigenvalue weighted by Crippen LogP contribution is 2.46. The number of hydrogen-bond donors (Lipinski definition) is 1. The van der Waals surface area contributed by atoms with Gasteiger partial charge < -0.3 is 5.73 Å². The van der Waals surface area contributed by atoms with Crippen LogP contribution < -0.4 is 5.73 Å². The van der Waals surface area contributed by atoms with Crippen molar-refractivity contribution < 1.29 is 0 Å². The molecule has 2 N–H and O–H groups in total. The second kappa shape index (κ2) is 3.51. The molecule has 0 fully saturated rings. The van der Waals surface area contributed by atoms with E-state index in [0.29, 0.717) is 5.92 Å². The smallest absolute Gasteiger partial charge is 0.0377 e. The van der Waals surface area contributed by atoms with E-state index in [-0.39, 0.29) is 16.1 Å².